The molecule has 7 rings (SSSR count). The molecule has 2 heteroatoms. The summed E-state index contributed by atoms with van der Waals surface area (Å²) in [5, 5.41) is 1.08. The molecule has 0 amide bonds. The monoisotopic (exact) mass is 514 g/mol. The third kappa shape index (κ3) is 4.57. The van der Waals surface area contributed by atoms with Crippen molar-refractivity contribution in [3.8, 4) is 33.6 Å². The summed E-state index contributed by atoms with van der Waals surface area (Å²) in [5.41, 5.74) is 9.59. The minimum absolute atomic E-state index is 0.512. The summed E-state index contributed by atoms with van der Waals surface area (Å²) in [4.78, 5) is 2.29. The van der Waals surface area contributed by atoms with Gasteiger partial charge in [0.25, 0.3) is 0 Å². The molecule has 0 spiro atoms. The van der Waals surface area contributed by atoms with Crippen molar-refractivity contribution < 1.29 is 5.79 Å². The van der Waals surface area contributed by atoms with E-state index in [1.54, 1.807) is 0 Å². The van der Waals surface area contributed by atoms with E-state index in [0.717, 1.165) is 50.5 Å². The van der Waals surface area contributed by atoms with Crippen molar-refractivity contribution in [2.75, 3.05) is 4.90 Å². The SMILES string of the molecule is [2H]c1ccc(-c2ccc(N(c3ccc(-c4ccccc4)cc3)c3ccccc3-c3cc4ccccc4o3)cc2)cc1. The Kier molecular flexibility index (Phi) is 5.90. The van der Waals surface area contributed by atoms with E-state index in [2.05, 4.69) is 114 Å². The first kappa shape index (κ1) is 22.6. The van der Waals surface area contributed by atoms with Crippen LogP contribution in [0.4, 0.5) is 17.1 Å². The van der Waals surface area contributed by atoms with Gasteiger partial charge in [-0.2, -0.15) is 0 Å². The molecule has 0 fully saturated rings. The molecule has 0 bridgehead atoms. The maximum absolute atomic E-state index is 7.82. The molecular weight excluding hydrogens is 486 g/mol. The van der Waals surface area contributed by atoms with Crippen LogP contribution in [0.25, 0.3) is 44.5 Å². The molecule has 2 nitrogen and oxygen atoms in total. The number of hydrogen-bond donors (Lipinski definition) is 0. The molecule has 0 radical (unpaired) electrons. The minimum atomic E-state index is 0.512. The zero-order valence-electron chi connectivity index (χ0n) is 22.9. The summed E-state index contributed by atoms with van der Waals surface area (Å²) < 4.78 is 14.2. The summed E-state index contributed by atoms with van der Waals surface area (Å²) in [6.45, 7) is 0. The minimum Gasteiger partial charge on any atom is -0.456 e. The van der Waals surface area contributed by atoms with Crippen LogP contribution in [0, 0.1) is 0 Å². The molecule has 6 aromatic carbocycles. The first-order chi connectivity index (χ1) is 20.2. The van der Waals surface area contributed by atoms with Crippen molar-refractivity contribution in [3.63, 3.8) is 0 Å². The zero-order valence-corrected chi connectivity index (χ0v) is 21.9. The molecule has 0 aliphatic carbocycles. The van der Waals surface area contributed by atoms with Crippen LogP contribution in [-0.2, 0) is 0 Å². The van der Waals surface area contributed by atoms with Crippen LogP contribution in [0.2, 0.25) is 0 Å². The Hall–Kier alpha value is -5.34. The van der Waals surface area contributed by atoms with Crippen molar-refractivity contribution >= 4 is 28.0 Å². The Morgan fingerprint density at radius 3 is 1.65 bits per heavy atom. The molecule has 0 unspecified atom stereocenters. The quantitative estimate of drug-likeness (QED) is 0.219. The molecule has 0 N–H and O–H groups in total. The fourth-order valence-corrected chi connectivity index (χ4v) is 5.23. The molecule has 0 aliphatic heterocycles. The van der Waals surface area contributed by atoms with Gasteiger partial charge in [0, 0.05) is 22.3 Å². The van der Waals surface area contributed by atoms with E-state index in [9.17, 15) is 0 Å². The van der Waals surface area contributed by atoms with Crippen molar-refractivity contribution in [2.45, 2.75) is 0 Å². The van der Waals surface area contributed by atoms with Crippen molar-refractivity contribution in [3.05, 3.63) is 164 Å². The van der Waals surface area contributed by atoms with Gasteiger partial charge in [-0.15, -0.1) is 0 Å². The first-order valence-corrected chi connectivity index (χ1v) is 13.4. The number of fused-ring (bicyclic) bond motifs is 1. The molecule has 1 heterocycles. The average Bonchev–Trinajstić information content (AvgIpc) is 3.47. The lowest BCUT2D eigenvalue weighted by Crippen LogP contribution is -2.11. The first-order valence-electron chi connectivity index (χ1n) is 13.9. The highest BCUT2D eigenvalue weighted by molar-refractivity contribution is 5.91. The molecule has 1 aromatic heterocycles. The number of benzene rings is 6. The van der Waals surface area contributed by atoms with Gasteiger partial charge in [-0.25, -0.2) is 0 Å². The summed E-state index contributed by atoms with van der Waals surface area (Å²) in [6.07, 6.45) is 0. The lowest BCUT2D eigenvalue weighted by Gasteiger charge is -2.27. The highest BCUT2D eigenvalue weighted by atomic mass is 16.3. The lowest BCUT2D eigenvalue weighted by atomic mass is 10.0. The van der Waals surface area contributed by atoms with Gasteiger partial charge in [-0.05, 0) is 70.8 Å². The standard InChI is InChI=1S/C38H27NO/c1-3-11-28(12-4-1)30-19-23-33(24-20-30)39(34-25-21-31(22-26-34)29-13-5-2-6-14-29)36-17-9-8-16-35(36)38-27-32-15-7-10-18-37(32)40-38/h1-27H/i1D. The molecule has 0 saturated heterocycles. The Labute approximate surface area is 235 Å². The van der Waals surface area contributed by atoms with Gasteiger partial charge in [0.15, 0.2) is 0 Å². The third-order valence-electron chi connectivity index (χ3n) is 7.25. The van der Waals surface area contributed by atoms with Crippen LogP contribution in [0.5, 0.6) is 0 Å². The van der Waals surface area contributed by atoms with Crippen molar-refractivity contribution in [1.82, 2.24) is 0 Å². The molecule has 7 aromatic rings. The van der Waals surface area contributed by atoms with Gasteiger partial charge in [0.2, 0.25) is 0 Å². The Morgan fingerprint density at radius 1 is 0.475 bits per heavy atom. The average molecular weight is 515 g/mol. The van der Waals surface area contributed by atoms with Gasteiger partial charge in [-0.3, -0.25) is 0 Å². The van der Waals surface area contributed by atoms with Gasteiger partial charge < -0.3 is 9.32 Å². The predicted octanol–water partition coefficient (Wildman–Crippen LogP) is 10.9. The van der Waals surface area contributed by atoms with E-state index in [1.807, 2.05) is 48.5 Å². The number of rotatable bonds is 6. The molecular formula is C38H27NO. The second kappa shape index (κ2) is 10.4. The second-order valence-corrected chi connectivity index (χ2v) is 9.75. The molecule has 40 heavy (non-hydrogen) atoms. The van der Waals surface area contributed by atoms with Crippen LogP contribution >= 0.6 is 0 Å². The van der Waals surface area contributed by atoms with Gasteiger partial charge in [-0.1, -0.05) is 115 Å². The maximum atomic E-state index is 7.82. The van der Waals surface area contributed by atoms with Crippen LogP contribution in [-0.4, -0.2) is 0 Å². The smallest absolute Gasteiger partial charge is 0.137 e. The third-order valence-corrected chi connectivity index (χ3v) is 7.25. The number of furan rings is 1. The predicted molar refractivity (Wildman–Crippen MR) is 167 cm³/mol. The van der Waals surface area contributed by atoms with Crippen molar-refractivity contribution in [2.24, 2.45) is 0 Å². The van der Waals surface area contributed by atoms with Crippen LogP contribution in [0.1, 0.15) is 1.37 Å². The topological polar surface area (TPSA) is 16.4 Å². The summed E-state index contributed by atoms with van der Waals surface area (Å²) in [6, 6.07) is 54.6. The number of nitrogens with zero attached hydrogens (tertiary/aromatic N) is 1. The summed E-state index contributed by atoms with van der Waals surface area (Å²) >= 11 is 0. The highest BCUT2D eigenvalue weighted by Crippen LogP contribution is 2.42. The Morgan fingerprint density at radius 2 is 1.00 bits per heavy atom. The zero-order chi connectivity index (χ0) is 27.6. The molecule has 190 valence electrons. The fraction of sp³-hybridized carbons (Fsp3) is 0. The van der Waals surface area contributed by atoms with E-state index in [-0.39, 0.29) is 0 Å². The van der Waals surface area contributed by atoms with Crippen molar-refractivity contribution in [1.29, 1.82) is 0 Å². The normalized spacial score (nSPS) is 11.3. The lowest BCUT2D eigenvalue weighted by molar-refractivity contribution is 0.631. The van der Waals surface area contributed by atoms with Gasteiger partial charge in [0.1, 0.15) is 11.3 Å². The number of hydrogen-bond acceptors (Lipinski definition) is 2. The van der Waals surface area contributed by atoms with Gasteiger partial charge in [0.05, 0.1) is 7.06 Å². The largest absolute Gasteiger partial charge is 0.456 e. The fourth-order valence-electron chi connectivity index (χ4n) is 5.23. The van der Waals surface area contributed by atoms with E-state index in [4.69, 9.17) is 5.79 Å². The van der Waals surface area contributed by atoms with Crippen LogP contribution in [0.15, 0.2) is 168 Å². The Balaban J connectivity index is 1.35. The summed E-state index contributed by atoms with van der Waals surface area (Å²) in [7, 11) is 0. The van der Waals surface area contributed by atoms with E-state index < -0.39 is 0 Å². The van der Waals surface area contributed by atoms with Crippen LogP contribution in [0.3, 0.4) is 0 Å². The summed E-state index contributed by atoms with van der Waals surface area (Å²) in [5.74, 6) is 0.833. The van der Waals surface area contributed by atoms with Crippen LogP contribution < -0.4 is 4.90 Å². The Bertz CT molecular complexity index is 1890. The molecule has 0 aliphatic rings. The second-order valence-electron chi connectivity index (χ2n) is 9.75. The van der Waals surface area contributed by atoms with E-state index in [0.29, 0.717) is 6.04 Å². The van der Waals surface area contributed by atoms with E-state index in [1.165, 1.54) is 11.1 Å². The molecule has 0 saturated carbocycles. The highest BCUT2D eigenvalue weighted by Gasteiger charge is 2.19. The van der Waals surface area contributed by atoms with E-state index >= 15 is 0 Å². The number of anilines is 3. The maximum Gasteiger partial charge on any atom is 0.137 e. The van der Waals surface area contributed by atoms with Gasteiger partial charge >= 0.3 is 0 Å². The molecule has 0 atom stereocenters. The number of para-hydroxylation sites is 2.